The van der Waals surface area contributed by atoms with Gasteiger partial charge in [-0.3, -0.25) is 15.1 Å². The maximum atomic E-state index is 11.0. The predicted molar refractivity (Wildman–Crippen MR) is 78.8 cm³/mol. The van der Waals surface area contributed by atoms with Gasteiger partial charge < -0.3 is 5.32 Å². The molecule has 104 valence electrons. The molecule has 0 aliphatic rings. The van der Waals surface area contributed by atoms with Crippen LogP contribution in [-0.2, 0) is 0 Å². The summed E-state index contributed by atoms with van der Waals surface area (Å²) >= 11 is 0. The molecule has 2 aromatic rings. The molecule has 1 aromatic carbocycles. The molecule has 0 saturated carbocycles. The predicted octanol–water partition coefficient (Wildman–Crippen LogP) is 3.78. The Morgan fingerprint density at radius 2 is 2.00 bits per heavy atom. The Hall–Kier alpha value is -2.43. The Morgan fingerprint density at radius 3 is 2.60 bits per heavy atom. The highest BCUT2D eigenvalue weighted by molar-refractivity contribution is 5.47. The third-order valence-corrected chi connectivity index (χ3v) is 3.22. The lowest BCUT2D eigenvalue weighted by Gasteiger charge is -2.15. The second kappa shape index (κ2) is 5.69. The van der Waals surface area contributed by atoms with E-state index in [0.717, 1.165) is 16.9 Å². The number of nitro benzene ring substituents is 1. The first-order valence-corrected chi connectivity index (χ1v) is 6.41. The Kier molecular flexibility index (Phi) is 3.98. The molecule has 1 unspecified atom stereocenters. The fourth-order valence-electron chi connectivity index (χ4n) is 1.98. The monoisotopic (exact) mass is 271 g/mol. The lowest BCUT2D eigenvalue weighted by Crippen LogP contribution is -2.07. The molecular formula is C15H17N3O2. The molecule has 5 nitrogen and oxygen atoms in total. The Labute approximate surface area is 117 Å². The van der Waals surface area contributed by atoms with Crippen molar-refractivity contribution >= 4 is 11.4 Å². The van der Waals surface area contributed by atoms with Gasteiger partial charge in [-0.25, -0.2) is 0 Å². The Morgan fingerprint density at radius 1 is 1.25 bits per heavy atom. The summed E-state index contributed by atoms with van der Waals surface area (Å²) in [5.41, 5.74) is 3.55. The van der Waals surface area contributed by atoms with Gasteiger partial charge in [-0.05, 0) is 38.5 Å². The molecule has 0 saturated heterocycles. The first-order chi connectivity index (χ1) is 9.47. The van der Waals surface area contributed by atoms with Crippen LogP contribution in [0.5, 0.6) is 0 Å². The van der Waals surface area contributed by atoms with E-state index in [2.05, 4.69) is 10.3 Å². The summed E-state index contributed by atoms with van der Waals surface area (Å²) in [5.74, 6) is 0. The van der Waals surface area contributed by atoms with Gasteiger partial charge in [-0.2, -0.15) is 0 Å². The van der Waals surface area contributed by atoms with Crippen molar-refractivity contribution < 1.29 is 4.92 Å². The van der Waals surface area contributed by atoms with E-state index in [4.69, 9.17) is 0 Å². The summed E-state index contributed by atoms with van der Waals surface area (Å²) in [6, 6.07) is 9.14. The van der Waals surface area contributed by atoms with Crippen LogP contribution in [0.2, 0.25) is 0 Å². The van der Waals surface area contributed by atoms with Crippen molar-refractivity contribution in [1.29, 1.82) is 0 Å². The van der Waals surface area contributed by atoms with Crippen LogP contribution in [0.25, 0.3) is 0 Å². The van der Waals surface area contributed by atoms with Crippen LogP contribution in [0, 0.1) is 24.0 Å². The molecule has 5 heteroatoms. The maximum absolute atomic E-state index is 11.0. The number of anilines is 1. The van der Waals surface area contributed by atoms with Crippen LogP contribution in [0.1, 0.15) is 29.8 Å². The van der Waals surface area contributed by atoms with Gasteiger partial charge >= 0.3 is 0 Å². The number of pyridine rings is 1. The molecular weight excluding hydrogens is 254 g/mol. The summed E-state index contributed by atoms with van der Waals surface area (Å²) in [6.45, 7) is 5.63. The number of aromatic nitrogens is 1. The molecule has 0 spiro atoms. The third-order valence-electron chi connectivity index (χ3n) is 3.22. The van der Waals surface area contributed by atoms with Gasteiger partial charge in [0.15, 0.2) is 0 Å². The molecule has 2 rings (SSSR count). The van der Waals surface area contributed by atoms with Gasteiger partial charge in [-0.1, -0.05) is 12.1 Å². The lowest BCUT2D eigenvalue weighted by atomic mass is 10.0. The summed E-state index contributed by atoms with van der Waals surface area (Å²) in [5, 5.41) is 14.3. The van der Waals surface area contributed by atoms with E-state index in [0.29, 0.717) is 5.56 Å². The third kappa shape index (κ3) is 3.12. The molecule has 1 heterocycles. The molecule has 0 aliphatic carbocycles. The number of aryl methyl sites for hydroxylation is 2. The standard InChI is InChI=1S/C15H17N3O2/c1-10-4-6-13(8-15(10)18(19)20)12(3)17-14-7-5-11(2)16-9-14/h4-9,12,17H,1-3H3. The highest BCUT2D eigenvalue weighted by Crippen LogP contribution is 2.25. The van der Waals surface area contributed by atoms with E-state index in [1.165, 1.54) is 0 Å². The summed E-state index contributed by atoms with van der Waals surface area (Å²) < 4.78 is 0. The van der Waals surface area contributed by atoms with E-state index in [-0.39, 0.29) is 16.7 Å². The minimum absolute atomic E-state index is 0.0289. The van der Waals surface area contributed by atoms with E-state index >= 15 is 0 Å². The van der Waals surface area contributed by atoms with Crippen molar-refractivity contribution in [2.75, 3.05) is 5.32 Å². The molecule has 0 aliphatic heterocycles. The van der Waals surface area contributed by atoms with Crippen LogP contribution < -0.4 is 5.32 Å². The van der Waals surface area contributed by atoms with Crippen LogP contribution >= 0.6 is 0 Å². The van der Waals surface area contributed by atoms with Gasteiger partial charge in [0.2, 0.25) is 0 Å². The minimum atomic E-state index is -0.348. The van der Waals surface area contributed by atoms with Gasteiger partial charge in [0.25, 0.3) is 5.69 Å². The molecule has 0 amide bonds. The smallest absolute Gasteiger partial charge is 0.272 e. The van der Waals surface area contributed by atoms with Gasteiger partial charge in [0.05, 0.1) is 16.8 Å². The highest BCUT2D eigenvalue weighted by Gasteiger charge is 2.14. The number of hydrogen-bond donors (Lipinski definition) is 1. The van der Waals surface area contributed by atoms with Crippen molar-refractivity contribution in [1.82, 2.24) is 4.98 Å². The fourth-order valence-corrected chi connectivity index (χ4v) is 1.98. The first-order valence-electron chi connectivity index (χ1n) is 6.41. The zero-order valence-electron chi connectivity index (χ0n) is 11.8. The molecule has 1 aromatic heterocycles. The van der Waals surface area contributed by atoms with Crippen molar-refractivity contribution in [3.8, 4) is 0 Å². The Balaban J connectivity index is 2.20. The largest absolute Gasteiger partial charge is 0.377 e. The van der Waals surface area contributed by atoms with Gasteiger partial charge in [-0.15, -0.1) is 0 Å². The van der Waals surface area contributed by atoms with Crippen molar-refractivity contribution in [3.63, 3.8) is 0 Å². The minimum Gasteiger partial charge on any atom is -0.377 e. The number of nitrogens with one attached hydrogen (secondary N) is 1. The van der Waals surface area contributed by atoms with Crippen LogP contribution in [0.15, 0.2) is 36.5 Å². The van der Waals surface area contributed by atoms with E-state index in [9.17, 15) is 10.1 Å². The van der Waals surface area contributed by atoms with Crippen molar-refractivity contribution in [2.45, 2.75) is 26.8 Å². The van der Waals surface area contributed by atoms with Crippen LogP contribution in [-0.4, -0.2) is 9.91 Å². The van der Waals surface area contributed by atoms with Gasteiger partial charge in [0.1, 0.15) is 0 Å². The van der Waals surface area contributed by atoms with E-state index in [1.54, 1.807) is 25.3 Å². The molecule has 0 bridgehead atoms. The number of hydrogen-bond acceptors (Lipinski definition) is 4. The van der Waals surface area contributed by atoms with Crippen LogP contribution in [0.3, 0.4) is 0 Å². The normalized spacial score (nSPS) is 11.9. The number of benzene rings is 1. The maximum Gasteiger partial charge on any atom is 0.272 e. The zero-order chi connectivity index (χ0) is 14.7. The van der Waals surface area contributed by atoms with Gasteiger partial charge in [0, 0.05) is 23.4 Å². The van der Waals surface area contributed by atoms with Crippen molar-refractivity contribution in [3.05, 3.63) is 63.5 Å². The number of nitro groups is 1. The number of rotatable bonds is 4. The molecule has 20 heavy (non-hydrogen) atoms. The average molecular weight is 271 g/mol. The fraction of sp³-hybridized carbons (Fsp3) is 0.267. The topological polar surface area (TPSA) is 68.1 Å². The SMILES string of the molecule is Cc1ccc(NC(C)c2ccc(C)c([N+](=O)[O-])c2)cn1. The quantitative estimate of drug-likeness (QED) is 0.678. The van der Waals surface area contributed by atoms with E-state index in [1.807, 2.05) is 32.0 Å². The zero-order valence-corrected chi connectivity index (χ0v) is 11.8. The molecule has 0 radical (unpaired) electrons. The summed E-state index contributed by atoms with van der Waals surface area (Å²) in [4.78, 5) is 14.8. The molecule has 1 atom stereocenters. The highest BCUT2D eigenvalue weighted by atomic mass is 16.6. The number of nitrogens with zero attached hydrogens (tertiary/aromatic N) is 2. The lowest BCUT2D eigenvalue weighted by molar-refractivity contribution is -0.385. The second-order valence-corrected chi connectivity index (χ2v) is 4.86. The average Bonchev–Trinajstić information content (AvgIpc) is 2.41. The summed E-state index contributed by atoms with van der Waals surface area (Å²) in [7, 11) is 0. The van der Waals surface area contributed by atoms with Crippen molar-refractivity contribution in [2.24, 2.45) is 0 Å². The molecule has 1 N–H and O–H groups in total. The Bertz CT molecular complexity index is 624. The van der Waals surface area contributed by atoms with E-state index < -0.39 is 0 Å². The summed E-state index contributed by atoms with van der Waals surface area (Å²) in [6.07, 6.45) is 1.76. The second-order valence-electron chi connectivity index (χ2n) is 4.86. The molecule has 0 fully saturated rings. The van der Waals surface area contributed by atoms with Crippen LogP contribution in [0.4, 0.5) is 11.4 Å². The first kappa shape index (κ1) is 14.0.